The Bertz CT molecular complexity index is 376. The van der Waals surface area contributed by atoms with E-state index < -0.39 is 0 Å². The van der Waals surface area contributed by atoms with E-state index in [0.29, 0.717) is 12.1 Å². The van der Waals surface area contributed by atoms with Crippen LogP contribution in [0.5, 0.6) is 5.75 Å². The zero-order valence-electron chi connectivity index (χ0n) is 10.6. The van der Waals surface area contributed by atoms with Crippen molar-refractivity contribution in [3.63, 3.8) is 0 Å². The molecule has 1 aromatic rings. The van der Waals surface area contributed by atoms with E-state index in [0.717, 1.165) is 18.7 Å². The minimum Gasteiger partial charge on any atom is -0.508 e. The third kappa shape index (κ3) is 4.36. The van der Waals surface area contributed by atoms with E-state index in [1.165, 1.54) is 6.92 Å². The Morgan fingerprint density at radius 1 is 1.29 bits per heavy atom. The van der Waals surface area contributed by atoms with Gasteiger partial charge in [-0.1, -0.05) is 13.8 Å². The molecule has 0 atom stereocenters. The van der Waals surface area contributed by atoms with E-state index in [1.54, 1.807) is 18.2 Å². The van der Waals surface area contributed by atoms with Gasteiger partial charge in [0, 0.05) is 17.7 Å². The van der Waals surface area contributed by atoms with Gasteiger partial charge in [0.2, 0.25) is 0 Å². The molecule has 0 bridgehead atoms. The molecule has 1 N–H and O–H groups in total. The molecule has 0 radical (unpaired) electrons. The van der Waals surface area contributed by atoms with Crippen LogP contribution in [0.15, 0.2) is 18.2 Å². The lowest BCUT2D eigenvalue weighted by molar-refractivity contribution is 0.101. The number of hydrogen-bond acceptors (Lipinski definition) is 3. The van der Waals surface area contributed by atoms with Gasteiger partial charge in [0.1, 0.15) is 5.75 Å². The van der Waals surface area contributed by atoms with Crippen LogP contribution in [0.3, 0.4) is 0 Å². The van der Waals surface area contributed by atoms with Crippen LogP contribution in [0.25, 0.3) is 0 Å². The second-order valence-electron chi connectivity index (χ2n) is 3.86. The van der Waals surface area contributed by atoms with Gasteiger partial charge in [-0.2, -0.15) is 0 Å². The first kappa shape index (κ1) is 15.9. The van der Waals surface area contributed by atoms with Crippen molar-refractivity contribution in [1.82, 2.24) is 4.90 Å². The molecule has 0 aromatic heterocycles. The van der Waals surface area contributed by atoms with Gasteiger partial charge < -0.3 is 5.11 Å². The second kappa shape index (κ2) is 7.30. The van der Waals surface area contributed by atoms with Crippen molar-refractivity contribution in [1.29, 1.82) is 0 Å². The number of carbonyl (C=O) groups excluding carboxylic acids is 1. The number of phenolic OH excluding ortho intramolecular Hbond substituents is 1. The molecule has 1 aromatic carbocycles. The lowest BCUT2D eigenvalue weighted by Crippen LogP contribution is -2.22. The Hall–Kier alpha value is -1.06. The summed E-state index contributed by atoms with van der Waals surface area (Å²) in [5, 5.41) is 9.72. The second-order valence-corrected chi connectivity index (χ2v) is 3.86. The number of nitrogens with zero attached hydrogens (tertiary/aromatic N) is 1. The molecule has 0 saturated heterocycles. The highest BCUT2D eigenvalue weighted by Gasteiger charge is 2.08. The van der Waals surface area contributed by atoms with Gasteiger partial charge in [0.15, 0.2) is 5.78 Å². The SMILES string of the molecule is CCN(CC)Cc1cc(C(C)=O)ccc1O.Cl. The van der Waals surface area contributed by atoms with Gasteiger partial charge in [-0.15, -0.1) is 12.4 Å². The molecule has 4 heteroatoms. The predicted octanol–water partition coefficient (Wildman–Crippen LogP) is 2.86. The summed E-state index contributed by atoms with van der Waals surface area (Å²) in [5.74, 6) is 0.290. The highest BCUT2D eigenvalue weighted by molar-refractivity contribution is 5.94. The number of aromatic hydroxyl groups is 1. The fourth-order valence-corrected chi connectivity index (χ4v) is 1.62. The topological polar surface area (TPSA) is 40.5 Å². The monoisotopic (exact) mass is 257 g/mol. The molecule has 0 saturated carbocycles. The third-order valence-electron chi connectivity index (χ3n) is 2.77. The standard InChI is InChI=1S/C13H19NO2.ClH/c1-4-14(5-2)9-12-8-11(10(3)15)6-7-13(12)16;/h6-8,16H,4-5,9H2,1-3H3;1H. The quantitative estimate of drug-likeness (QED) is 0.825. The van der Waals surface area contributed by atoms with Crippen molar-refractivity contribution in [3.05, 3.63) is 29.3 Å². The molecule has 0 aliphatic rings. The van der Waals surface area contributed by atoms with Crippen molar-refractivity contribution in [2.24, 2.45) is 0 Å². The fraction of sp³-hybridized carbons (Fsp3) is 0.462. The molecule has 0 fully saturated rings. The highest BCUT2D eigenvalue weighted by atomic mass is 35.5. The lowest BCUT2D eigenvalue weighted by Gasteiger charge is -2.18. The van der Waals surface area contributed by atoms with Crippen molar-refractivity contribution >= 4 is 18.2 Å². The van der Waals surface area contributed by atoms with Crippen LogP contribution in [0.4, 0.5) is 0 Å². The predicted molar refractivity (Wildman–Crippen MR) is 72.0 cm³/mol. The summed E-state index contributed by atoms with van der Waals surface area (Å²) in [5.41, 5.74) is 1.47. The van der Waals surface area contributed by atoms with Crippen LogP contribution in [0, 0.1) is 0 Å². The zero-order valence-corrected chi connectivity index (χ0v) is 11.4. The minimum absolute atomic E-state index is 0. The summed E-state index contributed by atoms with van der Waals surface area (Å²) in [6, 6.07) is 5.02. The Morgan fingerprint density at radius 2 is 1.88 bits per heavy atom. The largest absolute Gasteiger partial charge is 0.508 e. The summed E-state index contributed by atoms with van der Waals surface area (Å²) in [6.07, 6.45) is 0. The summed E-state index contributed by atoms with van der Waals surface area (Å²) in [4.78, 5) is 13.4. The van der Waals surface area contributed by atoms with Crippen molar-refractivity contribution in [3.8, 4) is 5.75 Å². The number of phenols is 1. The molecular formula is C13H20ClNO2. The van der Waals surface area contributed by atoms with Crippen LogP contribution in [0.2, 0.25) is 0 Å². The van der Waals surface area contributed by atoms with Gasteiger partial charge >= 0.3 is 0 Å². The molecule has 0 amide bonds. The molecule has 0 aliphatic carbocycles. The first-order valence-electron chi connectivity index (χ1n) is 5.63. The van der Waals surface area contributed by atoms with E-state index in [-0.39, 0.29) is 23.9 Å². The van der Waals surface area contributed by atoms with Gasteiger partial charge in [-0.25, -0.2) is 0 Å². The average molecular weight is 258 g/mol. The number of carbonyl (C=O) groups is 1. The van der Waals surface area contributed by atoms with E-state index in [9.17, 15) is 9.90 Å². The average Bonchev–Trinajstić information content (AvgIpc) is 2.27. The molecule has 0 unspecified atom stereocenters. The van der Waals surface area contributed by atoms with E-state index in [2.05, 4.69) is 18.7 Å². The number of hydrogen-bond donors (Lipinski definition) is 1. The molecule has 3 nitrogen and oxygen atoms in total. The van der Waals surface area contributed by atoms with E-state index in [1.807, 2.05) is 0 Å². The Labute approximate surface area is 109 Å². The Morgan fingerprint density at radius 3 is 2.35 bits per heavy atom. The van der Waals surface area contributed by atoms with Crippen LogP contribution in [-0.2, 0) is 6.54 Å². The van der Waals surface area contributed by atoms with Gasteiger partial charge in [0.25, 0.3) is 0 Å². The summed E-state index contributed by atoms with van der Waals surface area (Å²) in [7, 11) is 0. The molecule has 0 spiro atoms. The Kier molecular flexibility index (Phi) is 6.85. The molecule has 1 rings (SSSR count). The zero-order chi connectivity index (χ0) is 12.1. The number of halogens is 1. The summed E-state index contributed by atoms with van der Waals surface area (Å²) < 4.78 is 0. The van der Waals surface area contributed by atoms with Gasteiger partial charge in [-0.3, -0.25) is 9.69 Å². The maximum absolute atomic E-state index is 11.2. The van der Waals surface area contributed by atoms with Crippen LogP contribution in [-0.4, -0.2) is 28.9 Å². The number of benzene rings is 1. The number of Topliss-reactive ketones (excluding diaryl/α,β-unsaturated/α-hetero) is 1. The van der Waals surface area contributed by atoms with E-state index in [4.69, 9.17) is 0 Å². The van der Waals surface area contributed by atoms with Crippen molar-refractivity contribution in [2.45, 2.75) is 27.3 Å². The third-order valence-corrected chi connectivity index (χ3v) is 2.77. The van der Waals surface area contributed by atoms with Crippen LogP contribution < -0.4 is 0 Å². The van der Waals surface area contributed by atoms with Crippen molar-refractivity contribution < 1.29 is 9.90 Å². The smallest absolute Gasteiger partial charge is 0.159 e. The fourth-order valence-electron chi connectivity index (χ4n) is 1.62. The van der Waals surface area contributed by atoms with Gasteiger partial charge in [0.05, 0.1) is 0 Å². The van der Waals surface area contributed by atoms with Gasteiger partial charge in [-0.05, 0) is 38.2 Å². The minimum atomic E-state index is 0. The summed E-state index contributed by atoms with van der Waals surface area (Å²) >= 11 is 0. The Balaban J connectivity index is 0.00000256. The molecule has 17 heavy (non-hydrogen) atoms. The van der Waals surface area contributed by atoms with E-state index >= 15 is 0 Å². The first-order valence-corrected chi connectivity index (χ1v) is 5.63. The maximum Gasteiger partial charge on any atom is 0.159 e. The summed E-state index contributed by atoms with van der Waals surface area (Å²) in [6.45, 7) is 8.23. The number of rotatable bonds is 5. The van der Waals surface area contributed by atoms with Crippen LogP contribution in [0.1, 0.15) is 36.7 Å². The maximum atomic E-state index is 11.2. The van der Waals surface area contributed by atoms with Crippen molar-refractivity contribution in [2.75, 3.05) is 13.1 Å². The molecule has 0 heterocycles. The molecular weight excluding hydrogens is 238 g/mol. The normalized spacial score (nSPS) is 10.1. The highest BCUT2D eigenvalue weighted by Crippen LogP contribution is 2.20. The molecule has 96 valence electrons. The van der Waals surface area contributed by atoms with Crippen LogP contribution >= 0.6 is 12.4 Å². The first-order chi connectivity index (χ1) is 7.58. The lowest BCUT2D eigenvalue weighted by atomic mass is 10.1. The number of ketones is 1. The molecule has 0 aliphatic heterocycles.